The molecule has 1 heterocycles. The Labute approximate surface area is 189 Å². The first-order chi connectivity index (χ1) is 14.0. The van der Waals surface area contributed by atoms with Gasteiger partial charge in [0.05, 0.1) is 18.6 Å². The fraction of sp³-hybridized carbons (Fsp3) is 0.478. The van der Waals surface area contributed by atoms with Gasteiger partial charge in [-0.15, -0.1) is 6.58 Å². The molecule has 158 valence electrons. The van der Waals surface area contributed by atoms with E-state index in [1.807, 2.05) is 42.1 Å². The van der Waals surface area contributed by atoms with Gasteiger partial charge >= 0.3 is 0 Å². The summed E-state index contributed by atoms with van der Waals surface area (Å²) in [6.45, 7) is 5.94. The lowest BCUT2D eigenvalue weighted by atomic mass is 10.1. The smallest absolute Gasteiger partial charge is 0.231 e. The van der Waals surface area contributed by atoms with Crippen LogP contribution in [0, 0.1) is 0 Å². The van der Waals surface area contributed by atoms with Gasteiger partial charge in [-0.05, 0) is 43.9 Å². The van der Waals surface area contributed by atoms with Gasteiger partial charge in [0.15, 0.2) is 0 Å². The van der Waals surface area contributed by atoms with E-state index in [1.54, 1.807) is 22.7 Å². The van der Waals surface area contributed by atoms with Gasteiger partial charge in [-0.3, -0.25) is 9.69 Å². The lowest BCUT2D eigenvalue weighted by molar-refractivity contribution is -0.129. The summed E-state index contributed by atoms with van der Waals surface area (Å²) in [6, 6.07) is 10.2. The van der Waals surface area contributed by atoms with Crippen LogP contribution in [0.25, 0.3) is 0 Å². The number of aliphatic hydroxyl groups excluding tert-OH is 1. The average molecular weight is 450 g/mol. The SMILES string of the molecule is C=CC(C)SCCCC/C=C/C(O)CC(=O)N1C(=S)SCC1Cc1ccccc1. The summed E-state index contributed by atoms with van der Waals surface area (Å²) in [7, 11) is 0. The Morgan fingerprint density at radius 1 is 1.41 bits per heavy atom. The van der Waals surface area contributed by atoms with Crippen LogP contribution in [0.3, 0.4) is 0 Å². The predicted octanol–water partition coefficient (Wildman–Crippen LogP) is 5.24. The first-order valence-electron chi connectivity index (χ1n) is 10.1. The molecular weight excluding hydrogens is 418 g/mol. The van der Waals surface area contributed by atoms with Gasteiger partial charge in [0, 0.05) is 11.0 Å². The summed E-state index contributed by atoms with van der Waals surface area (Å²) in [4.78, 5) is 14.5. The maximum atomic E-state index is 12.8. The average Bonchev–Trinajstić information content (AvgIpc) is 3.07. The van der Waals surface area contributed by atoms with Crippen molar-refractivity contribution >= 4 is 46.0 Å². The van der Waals surface area contributed by atoms with Crippen LogP contribution in [-0.2, 0) is 11.2 Å². The van der Waals surface area contributed by atoms with Crippen LogP contribution in [0.2, 0.25) is 0 Å². The Morgan fingerprint density at radius 3 is 2.90 bits per heavy atom. The predicted molar refractivity (Wildman–Crippen MR) is 132 cm³/mol. The molecule has 0 spiro atoms. The van der Waals surface area contributed by atoms with E-state index in [0.717, 1.165) is 37.2 Å². The zero-order chi connectivity index (χ0) is 21.1. The number of allylic oxidation sites excluding steroid dienone is 1. The number of amides is 1. The van der Waals surface area contributed by atoms with Gasteiger partial charge in [0.1, 0.15) is 4.32 Å². The highest BCUT2D eigenvalue weighted by molar-refractivity contribution is 8.23. The minimum Gasteiger partial charge on any atom is -0.389 e. The second-order valence-electron chi connectivity index (χ2n) is 7.19. The zero-order valence-electron chi connectivity index (χ0n) is 17.0. The summed E-state index contributed by atoms with van der Waals surface area (Å²) >= 11 is 8.85. The molecule has 0 bridgehead atoms. The minimum atomic E-state index is -0.761. The van der Waals surface area contributed by atoms with Gasteiger partial charge in [-0.2, -0.15) is 11.8 Å². The first kappa shape index (κ1) is 24.2. The molecule has 1 aliphatic heterocycles. The summed E-state index contributed by atoms with van der Waals surface area (Å²) in [5.74, 6) is 1.84. The number of unbranched alkanes of at least 4 members (excludes halogenated alkanes) is 2. The molecule has 0 saturated carbocycles. The van der Waals surface area contributed by atoms with E-state index in [9.17, 15) is 9.90 Å². The number of carbonyl (C=O) groups excluding carboxylic acids is 1. The summed E-state index contributed by atoms with van der Waals surface area (Å²) in [5.41, 5.74) is 1.20. The number of aliphatic hydroxyl groups is 1. The standard InChI is InChI=1S/C23H31NO2S3/c1-3-18(2)28-14-10-5-4-9-13-21(25)16-22(26)24-20(17-29-23(24)27)15-19-11-7-6-8-12-19/h3,6-9,11-13,18,20-21,25H,1,4-5,10,14-17H2,2H3/b13-9+. The van der Waals surface area contributed by atoms with E-state index in [2.05, 4.69) is 25.6 Å². The fourth-order valence-electron chi connectivity index (χ4n) is 3.10. The van der Waals surface area contributed by atoms with Crippen LogP contribution < -0.4 is 0 Å². The number of nitrogens with zero attached hydrogens (tertiary/aromatic N) is 1. The highest BCUT2D eigenvalue weighted by atomic mass is 32.2. The Kier molecular flexibility index (Phi) is 11.1. The molecule has 1 aromatic rings. The molecule has 1 N–H and O–H groups in total. The number of hydrogen-bond donors (Lipinski definition) is 1. The molecule has 6 heteroatoms. The van der Waals surface area contributed by atoms with Crippen molar-refractivity contribution in [2.24, 2.45) is 0 Å². The fourth-order valence-corrected chi connectivity index (χ4v) is 5.43. The van der Waals surface area contributed by atoms with Gasteiger partial charge in [0.25, 0.3) is 0 Å². The molecule has 1 aromatic carbocycles. The Morgan fingerprint density at radius 2 is 2.17 bits per heavy atom. The largest absolute Gasteiger partial charge is 0.389 e. The number of carbonyl (C=O) groups is 1. The van der Waals surface area contributed by atoms with Crippen molar-refractivity contribution in [2.45, 2.75) is 56.4 Å². The third kappa shape index (κ3) is 8.67. The van der Waals surface area contributed by atoms with Crippen molar-refractivity contribution in [3.05, 3.63) is 60.7 Å². The molecule has 1 amide bonds. The second kappa shape index (κ2) is 13.3. The molecule has 0 radical (unpaired) electrons. The molecule has 2 rings (SSSR count). The van der Waals surface area contributed by atoms with Gasteiger partial charge in [0.2, 0.25) is 5.91 Å². The van der Waals surface area contributed by atoms with Gasteiger partial charge in [-0.25, -0.2) is 0 Å². The van der Waals surface area contributed by atoms with Crippen LogP contribution >= 0.6 is 35.7 Å². The topological polar surface area (TPSA) is 40.5 Å². The monoisotopic (exact) mass is 449 g/mol. The molecule has 3 atom stereocenters. The molecule has 3 unspecified atom stereocenters. The van der Waals surface area contributed by atoms with E-state index in [-0.39, 0.29) is 18.4 Å². The Bertz CT molecular complexity index is 693. The number of rotatable bonds is 12. The number of benzene rings is 1. The second-order valence-corrected chi connectivity index (χ2v) is 10.3. The third-order valence-electron chi connectivity index (χ3n) is 4.76. The minimum absolute atomic E-state index is 0.0639. The summed E-state index contributed by atoms with van der Waals surface area (Å²) in [6.07, 6.45) is 8.94. The lowest BCUT2D eigenvalue weighted by Gasteiger charge is -2.24. The number of hydrogen-bond acceptors (Lipinski definition) is 5. The quantitative estimate of drug-likeness (QED) is 0.268. The zero-order valence-corrected chi connectivity index (χ0v) is 19.5. The van der Waals surface area contributed by atoms with E-state index in [4.69, 9.17) is 12.2 Å². The number of thiocarbonyl (C=S) groups is 1. The highest BCUT2D eigenvalue weighted by Crippen LogP contribution is 2.28. The first-order valence-corrected chi connectivity index (χ1v) is 12.6. The summed E-state index contributed by atoms with van der Waals surface area (Å²) in [5, 5.41) is 10.7. The van der Waals surface area contributed by atoms with Gasteiger partial charge in [-0.1, -0.05) is 72.5 Å². The highest BCUT2D eigenvalue weighted by Gasteiger charge is 2.34. The molecule has 1 saturated heterocycles. The molecular formula is C23H31NO2S3. The van der Waals surface area contributed by atoms with E-state index >= 15 is 0 Å². The molecule has 3 nitrogen and oxygen atoms in total. The molecule has 1 aliphatic rings. The lowest BCUT2D eigenvalue weighted by Crippen LogP contribution is -2.41. The maximum absolute atomic E-state index is 12.8. The maximum Gasteiger partial charge on any atom is 0.231 e. The van der Waals surface area contributed by atoms with E-state index < -0.39 is 6.10 Å². The molecule has 29 heavy (non-hydrogen) atoms. The third-order valence-corrected chi connectivity index (χ3v) is 7.55. The summed E-state index contributed by atoms with van der Waals surface area (Å²) < 4.78 is 0.623. The molecule has 0 aromatic heterocycles. The van der Waals surface area contributed by atoms with E-state index in [0.29, 0.717) is 9.57 Å². The molecule has 0 aliphatic carbocycles. The van der Waals surface area contributed by atoms with Crippen molar-refractivity contribution in [2.75, 3.05) is 11.5 Å². The van der Waals surface area contributed by atoms with Crippen molar-refractivity contribution in [1.82, 2.24) is 4.90 Å². The van der Waals surface area contributed by atoms with Crippen molar-refractivity contribution in [3.63, 3.8) is 0 Å². The van der Waals surface area contributed by atoms with Crippen LogP contribution in [0.4, 0.5) is 0 Å². The van der Waals surface area contributed by atoms with Crippen molar-refractivity contribution in [1.29, 1.82) is 0 Å². The van der Waals surface area contributed by atoms with Crippen LogP contribution in [-0.4, -0.2) is 49.1 Å². The van der Waals surface area contributed by atoms with Crippen molar-refractivity contribution < 1.29 is 9.90 Å². The Hall–Kier alpha value is -1.08. The normalized spacial score (nSPS) is 18.9. The van der Waals surface area contributed by atoms with Crippen LogP contribution in [0.1, 0.15) is 38.2 Å². The van der Waals surface area contributed by atoms with E-state index in [1.165, 1.54) is 5.56 Å². The van der Waals surface area contributed by atoms with Crippen LogP contribution in [0.5, 0.6) is 0 Å². The number of thioether (sulfide) groups is 2. The van der Waals surface area contributed by atoms with Crippen molar-refractivity contribution in [3.8, 4) is 0 Å². The van der Waals surface area contributed by atoms with Crippen LogP contribution in [0.15, 0.2) is 55.1 Å². The molecule has 1 fully saturated rings. The van der Waals surface area contributed by atoms with Gasteiger partial charge < -0.3 is 5.11 Å². The Balaban J connectivity index is 1.74.